The lowest BCUT2D eigenvalue weighted by Crippen LogP contribution is -2.54. The second-order valence-corrected chi connectivity index (χ2v) is 18.4. The molecule has 1 heterocycles. The monoisotopic (exact) mass is 433 g/mol. The Morgan fingerprint density at radius 2 is 1.48 bits per heavy atom. The first-order valence-corrected chi connectivity index (χ1v) is 15.6. The molecule has 164 valence electrons. The fourth-order valence-electron chi connectivity index (χ4n) is 9.80. The molecule has 31 heavy (non-hydrogen) atoms. The molecule has 0 spiro atoms. The molecular weight excluding hydrogens is 398 g/mol. The van der Waals surface area contributed by atoms with Gasteiger partial charge in [0.1, 0.15) is 0 Å². The molecule has 0 unspecified atom stereocenters. The van der Waals surface area contributed by atoms with Gasteiger partial charge in [0.15, 0.2) is 0 Å². The minimum atomic E-state index is -1.67. The molecular formula is C27H35NO2Si. The van der Waals surface area contributed by atoms with E-state index >= 15 is 0 Å². The van der Waals surface area contributed by atoms with E-state index in [1.807, 2.05) is 30.3 Å². The Hall–Kier alpha value is -1.68. The predicted octanol–water partition coefficient (Wildman–Crippen LogP) is 5.90. The smallest absolute Gasteiger partial charge is 0.238 e. The van der Waals surface area contributed by atoms with Crippen molar-refractivity contribution in [3.8, 4) is 0 Å². The Morgan fingerprint density at radius 3 is 2.03 bits per heavy atom. The van der Waals surface area contributed by atoms with E-state index in [0.29, 0.717) is 16.9 Å². The highest BCUT2D eigenvalue weighted by molar-refractivity contribution is 6.78. The highest BCUT2D eigenvalue weighted by atomic mass is 28.3. The fraction of sp³-hybridized carbons (Fsp3) is 0.630. The zero-order valence-corrected chi connectivity index (χ0v) is 21.0. The topological polar surface area (TPSA) is 37.4 Å². The molecule has 3 fully saturated rings. The molecule has 0 aromatic heterocycles. The zero-order valence-electron chi connectivity index (χ0n) is 20.0. The summed E-state index contributed by atoms with van der Waals surface area (Å²) in [5.41, 5.74) is 4.39. The predicted molar refractivity (Wildman–Crippen MR) is 126 cm³/mol. The molecule has 5 aliphatic carbocycles. The molecule has 7 atom stereocenters. The zero-order chi connectivity index (χ0) is 22.3. The first kappa shape index (κ1) is 20.0. The van der Waals surface area contributed by atoms with E-state index in [-0.39, 0.29) is 34.5 Å². The molecule has 2 amide bonds. The van der Waals surface area contributed by atoms with Crippen LogP contribution in [0.25, 0.3) is 0 Å². The molecule has 2 saturated carbocycles. The van der Waals surface area contributed by atoms with Crippen LogP contribution in [-0.2, 0) is 9.59 Å². The van der Waals surface area contributed by atoms with Crippen molar-refractivity contribution >= 4 is 25.6 Å². The Morgan fingerprint density at radius 1 is 0.903 bits per heavy atom. The normalized spacial score (nSPS) is 44.5. The Balaban J connectivity index is 1.58. The van der Waals surface area contributed by atoms with Gasteiger partial charge in [0.05, 0.1) is 17.5 Å². The van der Waals surface area contributed by atoms with Crippen LogP contribution in [0.4, 0.5) is 5.69 Å². The first-order valence-electron chi connectivity index (χ1n) is 12.0. The molecule has 4 bridgehead atoms. The average molecular weight is 434 g/mol. The number of hydrogen-bond donors (Lipinski definition) is 0. The maximum Gasteiger partial charge on any atom is 0.238 e. The number of hydrogen-bond acceptors (Lipinski definition) is 2. The van der Waals surface area contributed by atoms with Crippen molar-refractivity contribution in [2.24, 2.45) is 39.9 Å². The summed E-state index contributed by atoms with van der Waals surface area (Å²) < 4.78 is 0. The van der Waals surface area contributed by atoms with E-state index < -0.39 is 8.07 Å². The lowest BCUT2D eigenvalue weighted by atomic mass is 9.42. The van der Waals surface area contributed by atoms with Gasteiger partial charge >= 0.3 is 0 Å². The van der Waals surface area contributed by atoms with Gasteiger partial charge in [-0.3, -0.25) is 14.5 Å². The number of fused-ring (bicyclic) bond motifs is 5. The molecule has 0 radical (unpaired) electrons. The van der Waals surface area contributed by atoms with Crippen molar-refractivity contribution in [1.82, 2.24) is 0 Å². The van der Waals surface area contributed by atoms with Gasteiger partial charge in [-0.15, -0.1) is 0 Å². The van der Waals surface area contributed by atoms with E-state index in [4.69, 9.17) is 0 Å². The van der Waals surface area contributed by atoms with E-state index in [1.54, 1.807) is 16.0 Å². The Kier molecular flexibility index (Phi) is 3.50. The summed E-state index contributed by atoms with van der Waals surface area (Å²) in [6.07, 6.45) is 2.42. The third-order valence-corrected chi connectivity index (χ3v) is 13.4. The number of carbonyl (C=O) groups excluding carboxylic acids is 2. The number of imide groups is 1. The maximum absolute atomic E-state index is 14.1. The summed E-state index contributed by atoms with van der Waals surface area (Å²) in [6.45, 7) is 17.1. The Labute approximate surface area is 187 Å². The molecule has 4 heteroatoms. The lowest BCUT2D eigenvalue weighted by Gasteiger charge is -2.61. The number of anilines is 1. The molecule has 3 nitrogen and oxygen atoms in total. The van der Waals surface area contributed by atoms with Crippen molar-refractivity contribution < 1.29 is 9.59 Å². The number of nitrogens with zero attached hydrogens (tertiary/aromatic N) is 1. The third-order valence-electron chi connectivity index (χ3n) is 10.5. The number of rotatable bonds is 2. The molecule has 1 aromatic rings. The van der Waals surface area contributed by atoms with E-state index in [1.165, 1.54) is 6.42 Å². The molecule has 1 aromatic carbocycles. The van der Waals surface area contributed by atoms with Gasteiger partial charge in [-0.05, 0) is 47.8 Å². The van der Waals surface area contributed by atoms with Crippen LogP contribution in [0.1, 0.15) is 40.5 Å². The molecule has 0 N–H and O–H groups in total. The molecule has 1 saturated heterocycles. The van der Waals surface area contributed by atoms with E-state index in [0.717, 1.165) is 18.0 Å². The number of carbonyl (C=O) groups is 2. The summed E-state index contributed by atoms with van der Waals surface area (Å²) >= 11 is 0. The van der Waals surface area contributed by atoms with Crippen molar-refractivity contribution in [2.45, 2.75) is 65.7 Å². The molecule has 1 aliphatic heterocycles. The molecule has 7 rings (SSSR count). The number of amides is 2. The minimum absolute atomic E-state index is 0.0562. The largest absolute Gasteiger partial charge is 0.274 e. The second-order valence-electron chi connectivity index (χ2n) is 13.1. The standard InChI is InChI=1S/C27H35NO2Si/c1-25(2)15-13-17(25)19-18(14-15)26(3)20-21(27(19,4)24(26)31(5,6)7)23(30)28(22(20)29)16-11-9-8-10-12-16/h8-12,15,17,20-21,24H,13-14H2,1-7H3/t15-,17-,20+,21+,24+,26+,27+/m1/s1. The van der Waals surface area contributed by atoms with Crippen LogP contribution >= 0.6 is 0 Å². The van der Waals surface area contributed by atoms with Gasteiger partial charge < -0.3 is 0 Å². The lowest BCUT2D eigenvalue weighted by molar-refractivity contribution is -0.124. The van der Waals surface area contributed by atoms with Crippen LogP contribution in [0.5, 0.6) is 0 Å². The van der Waals surface area contributed by atoms with Gasteiger partial charge in [0, 0.05) is 18.9 Å². The first-order chi connectivity index (χ1) is 14.4. The van der Waals surface area contributed by atoms with Crippen molar-refractivity contribution in [3.05, 3.63) is 41.5 Å². The van der Waals surface area contributed by atoms with Gasteiger partial charge in [-0.25, -0.2) is 0 Å². The summed E-state index contributed by atoms with van der Waals surface area (Å²) in [7, 11) is -1.67. The van der Waals surface area contributed by atoms with Gasteiger partial charge in [0.25, 0.3) is 0 Å². The fourth-order valence-corrected chi connectivity index (χ4v) is 14.1. The number of benzene rings is 1. The summed E-state index contributed by atoms with van der Waals surface area (Å²) in [4.78, 5) is 29.6. The van der Waals surface area contributed by atoms with Gasteiger partial charge in [-0.2, -0.15) is 0 Å². The summed E-state index contributed by atoms with van der Waals surface area (Å²) in [5.74, 6) is 1.04. The highest BCUT2D eigenvalue weighted by Crippen LogP contribution is 2.84. The van der Waals surface area contributed by atoms with Crippen molar-refractivity contribution in [2.75, 3.05) is 4.90 Å². The van der Waals surface area contributed by atoms with E-state index in [2.05, 4.69) is 47.3 Å². The van der Waals surface area contributed by atoms with Crippen LogP contribution in [0.3, 0.4) is 0 Å². The maximum atomic E-state index is 14.1. The summed E-state index contributed by atoms with van der Waals surface area (Å²) in [5, 5.41) is 0. The quantitative estimate of drug-likeness (QED) is 0.331. The summed E-state index contributed by atoms with van der Waals surface area (Å²) in [6, 6.07) is 9.61. The van der Waals surface area contributed by atoms with Crippen molar-refractivity contribution in [1.29, 1.82) is 0 Å². The number of para-hydroxylation sites is 1. The average Bonchev–Trinajstić information content (AvgIpc) is 3.19. The van der Waals surface area contributed by atoms with Crippen molar-refractivity contribution in [3.63, 3.8) is 0 Å². The SMILES string of the molecule is CC1(C)[C@H]2CC3=C([C@H]1C2)[C@]1(C)[C@@H]([Si](C)(C)C)[C@]3(C)[C@@H]2C(=O)N(c3ccccc3)C(=O)[C@H]21. The van der Waals surface area contributed by atoms with E-state index in [9.17, 15) is 9.59 Å². The number of allylic oxidation sites excluding steroid dienone is 2. The third kappa shape index (κ3) is 1.95. The Bertz CT molecular complexity index is 1070. The highest BCUT2D eigenvalue weighted by Gasteiger charge is 2.82. The van der Waals surface area contributed by atoms with Crippen LogP contribution in [-0.4, -0.2) is 19.9 Å². The van der Waals surface area contributed by atoms with Gasteiger partial charge in [-0.1, -0.05) is 76.7 Å². The van der Waals surface area contributed by atoms with Gasteiger partial charge in [0.2, 0.25) is 11.8 Å². The van der Waals surface area contributed by atoms with Crippen LogP contribution in [0.15, 0.2) is 41.5 Å². The van der Waals surface area contributed by atoms with Crippen LogP contribution in [0.2, 0.25) is 25.2 Å². The minimum Gasteiger partial charge on any atom is -0.274 e. The molecule has 6 aliphatic rings. The van der Waals surface area contributed by atoms with Crippen LogP contribution < -0.4 is 4.90 Å². The van der Waals surface area contributed by atoms with Crippen LogP contribution in [0, 0.1) is 39.9 Å². The second kappa shape index (κ2) is 5.44.